The van der Waals surface area contributed by atoms with Crippen LogP contribution >= 0.6 is 0 Å². The molecule has 3 rings (SSSR count). The second-order valence-electron chi connectivity index (χ2n) is 10.6. The van der Waals surface area contributed by atoms with Crippen LogP contribution in [0.2, 0.25) is 0 Å². The third kappa shape index (κ3) is 8.58. The molecule has 0 saturated heterocycles. The van der Waals surface area contributed by atoms with E-state index in [-0.39, 0.29) is 30.8 Å². The molecule has 2 aromatic rings. The average Bonchev–Trinajstić information content (AvgIpc) is 2.87. The Hall–Kier alpha value is -2.87. The number of sulfonamides is 1. The molecule has 8 heteroatoms. The summed E-state index contributed by atoms with van der Waals surface area (Å²) in [4.78, 5) is 28.7. The zero-order valence-electron chi connectivity index (χ0n) is 23.3. The summed E-state index contributed by atoms with van der Waals surface area (Å²) in [6.45, 7) is 6.39. The van der Waals surface area contributed by atoms with Crippen LogP contribution in [0.3, 0.4) is 0 Å². The zero-order chi connectivity index (χ0) is 27.7. The first-order chi connectivity index (χ1) is 18.1. The van der Waals surface area contributed by atoms with E-state index in [1.807, 2.05) is 63.2 Å². The second-order valence-corrected chi connectivity index (χ2v) is 12.5. The number of nitrogens with one attached hydrogen (secondary N) is 1. The average molecular weight is 542 g/mol. The Morgan fingerprint density at radius 2 is 1.68 bits per heavy atom. The highest BCUT2D eigenvalue weighted by atomic mass is 32.2. The van der Waals surface area contributed by atoms with E-state index in [0.717, 1.165) is 42.4 Å². The van der Waals surface area contributed by atoms with Crippen molar-refractivity contribution in [3.8, 4) is 0 Å². The van der Waals surface area contributed by atoms with Crippen LogP contribution in [-0.2, 0) is 26.2 Å². The summed E-state index contributed by atoms with van der Waals surface area (Å²) in [7, 11) is -3.51. The number of carbonyl (C=O) groups is 2. The van der Waals surface area contributed by atoms with E-state index in [9.17, 15) is 18.0 Å². The predicted octanol–water partition coefficient (Wildman–Crippen LogP) is 5.11. The maximum absolute atomic E-state index is 13.6. The Balaban J connectivity index is 1.75. The topological polar surface area (TPSA) is 86.8 Å². The molecule has 0 aromatic heterocycles. The number of benzene rings is 2. The van der Waals surface area contributed by atoms with E-state index in [1.165, 1.54) is 17.0 Å². The van der Waals surface area contributed by atoms with Crippen molar-refractivity contribution in [1.82, 2.24) is 10.2 Å². The quantitative estimate of drug-likeness (QED) is 0.405. The first kappa shape index (κ1) is 29.7. The summed E-state index contributed by atoms with van der Waals surface area (Å²) in [6, 6.07) is 14.9. The van der Waals surface area contributed by atoms with Crippen LogP contribution in [0.4, 0.5) is 5.69 Å². The van der Waals surface area contributed by atoms with Crippen LogP contribution in [0, 0.1) is 13.8 Å². The van der Waals surface area contributed by atoms with E-state index in [0.29, 0.717) is 25.1 Å². The van der Waals surface area contributed by atoms with Crippen LogP contribution < -0.4 is 9.62 Å². The fourth-order valence-electron chi connectivity index (χ4n) is 5.14. The number of hydrogen-bond donors (Lipinski definition) is 1. The Morgan fingerprint density at radius 3 is 2.29 bits per heavy atom. The molecule has 38 heavy (non-hydrogen) atoms. The molecule has 1 unspecified atom stereocenters. The summed E-state index contributed by atoms with van der Waals surface area (Å²) in [5.41, 5.74) is 3.65. The maximum Gasteiger partial charge on any atom is 0.243 e. The first-order valence-corrected chi connectivity index (χ1v) is 15.6. The van der Waals surface area contributed by atoms with E-state index < -0.39 is 16.1 Å². The Morgan fingerprint density at radius 1 is 1.00 bits per heavy atom. The Kier molecular flexibility index (Phi) is 10.8. The molecule has 1 N–H and O–H groups in total. The fourth-order valence-corrected chi connectivity index (χ4v) is 6.10. The number of nitrogens with zero attached hydrogens (tertiary/aromatic N) is 2. The lowest BCUT2D eigenvalue weighted by molar-refractivity contribution is -0.141. The lowest BCUT2D eigenvalue weighted by Gasteiger charge is -2.33. The Labute approximate surface area is 228 Å². The normalized spacial score (nSPS) is 15.1. The van der Waals surface area contributed by atoms with Crippen molar-refractivity contribution >= 4 is 27.5 Å². The van der Waals surface area contributed by atoms with E-state index in [2.05, 4.69) is 5.32 Å². The molecule has 1 atom stereocenters. The standard InChI is InChI=1S/C30H43N3O4S/c1-5-28(30(35)31-26-12-7-6-8-13-26)32(22-25-18-16-23(2)17-19-25)29(34)15-10-20-33(38(4,36)37)27-14-9-11-24(3)21-27/h9,11,14,16-19,21,26,28H,5-8,10,12-13,15,20,22H2,1-4H3,(H,31,35). The molecule has 0 spiro atoms. The zero-order valence-corrected chi connectivity index (χ0v) is 24.1. The minimum atomic E-state index is -3.51. The van der Waals surface area contributed by atoms with Crippen molar-refractivity contribution in [3.63, 3.8) is 0 Å². The van der Waals surface area contributed by atoms with Gasteiger partial charge in [-0.3, -0.25) is 13.9 Å². The highest BCUT2D eigenvalue weighted by Crippen LogP contribution is 2.22. The van der Waals surface area contributed by atoms with E-state index >= 15 is 0 Å². The van der Waals surface area contributed by atoms with Gasteiger partial charge >= 0.3 is 0 Å². The molecule has 0 aliphatic heterocycles. The van der Waals surface area contributed by atoms with Crippen LogP contribution in [0.5, 0.6) is 0 Å². The van der Waals surface area contributed by atoms with Gasteiger partial charge in [-0.25, -0.2) is 8.42 Å². The van der Waals surface area contributed by atoms with E-state index in [1.54, 1.807) is 11.0 Å². The van der Waals surface area contributed by atoms with Gasteiger partial charge < -0.3 is 10.2 Å². The largest absolute Gasteiger partial charge is 0.352 e. The highest BCUT2D eigenvalue weighted by molar-refractivity contribution is 7.92. The van der Waals surface area contributed by atoms with Gasteiger partial charge in [0.1, 0.15) is 6.04 Å². The van der Waals surface area contributed by atoms with Gasteiger partial charge in [0, 0.05) is 25.6 Å². The molecule has 0 radical (unpaired) electrons. The number of anilines is 1. The van der Waals surface area contributed by atoms with Gasteiger partial charge in [0.15, 0.2) is 0 Å². The molecule has 1 fully saturated rings. The molecule has 1 aliphatic rings. The number of rotatable bonds is 12. The third-order valence-electron chi connectivity index (χ3n) is 7.25. The number of amides is 2. The van der Waals surface area contributed by atoms with Gasteiger partial charge in [-0.1, -0.05) is 68.1 Å². The lowest BCUT2D eigenvalue weighted by Crippen LogP contribution is -2.51. The second kappa shape index (κ2) is 13.8. The maximum atomic E-state index is 13.6. The summed E-state index contributed by atoms with van der Waals surface area (Å²) in [6.07, 6.45) is 7.59. The van der Waals surface area contributed by atoms with Crippen molar-refractivity contribution in [1.29, 1.82) is 0 Å². The van der Waals surface area contributed by atoms with Gasteiger partial charge in [-0.15, -0.1) is 0 Å². The van der Waals surface area contributed by atoms with Crippen LogP contribution in [0.15, 0.2) is 48.5 Å². The van der Waals surface area contributed by atoms with Crippen molar-refractivity contribution in [2.45, 2.75) is 90.8 Å². The van der Waals surface area contributed by atoms with Crippen LogP contribution in [0.25, 0.3) is 0 Å². The van der Waals surface area contributed by atoms with Crippen molar-refractivity contribution in [2.24, 2.45) is 0 Å². The Bertz CT molecular complexity index is 1170. The molecule has 2 amide bonds. The number of carbonyl (C=O) groups excluding carboxylic acids is 2. The summed E-state index contributed by atoms with van der Waals surface area (Å²) in [5, 5.41) is 3.20. The molecular formula is C30H43N3O4S. The van der Waals surface area contributed by atoms with Crippen molar-refractivity contribution < 1.29 is 18.0 Å². The molecule has 7 nitrogen and oxygen atoms in total. The minimum Gasteiger partial charge on any atom is -0.352 e. The van der Waals surface area contributed by atoms with Gasteiger partial charge in [0.2, 0.25) is 21.8 Å². The lowest BCUT2D eigenvalue weighted by atomic mass is 9.95. The monoisotopic (exact) mass is 541 g/mol. The molecule has 208 valence electrons. The molecular weight excluding hydrogens is 498 g/mol. The van der Waals surface area contributed by atoms with Gasteiger partial charge in [0.05, 0.1) is 11.9 Å². The summed E-state index contributed by atoms with van der Waals surface area (Å²) in [5.74, 6) is -0.244. The number of aryl methyl sites for hydroxylation is 2. The molecule has 0 heterocycles. The van der Waals surface area contributed by atoms with E-state index in [4.69, 9.17) is 0 Å². The third-order valence-corrected chi connectivity index (χ3v) is 8.45. The molecule has 0 bridgehead atoms. The van der Waals surface area contributed by atoms with Crippen LogP contribution in [0.1, 0.15) is 75.0 Å². The first-order valence-electron chi connectivity index (χ1n) is 13.8. The fraction of sp³-hybridized carbons (Fsp3) is 0.533. The van der Waals surface area contributed by atoms with Crippen LogP contribution in [-0.4, -0.2) is 50.0 Å². The predicted molar refractivity (Wildman–Crippen MR) is 153 cm³/mol. The molecule has 2 aromatic carbocycles. The van der Waals surface area contributed by atoms with Gasteiger partial charge in [0.25, 0.3) is 0 Å². The number of hydrogen-bond acceptors (Lipinski definition) is 4. The van der Waals surface area contributed by atoms with Crippen molar-refractivity contribution in [2.75, 3.05) is 17.1 Å². The molecule has 1 aliphatic carbocycles. The summed E-state index contributed by atoms with van der Waals surface area (Å²) >= 11 is 0. The SMILES string of the molecule is CCC(C(=O)NC1CCCCC1)N(Cc1ccc(C)cc1)C(=O)CCCN(c1cccc(C)c1)S(C)(=O)=O. The minimum absolute atomic E-state index is 0.0996. The van der Waals surface area contributed by atoms with Gasteiger partial charge in [-0.2, -0.15) is 0 Å². The smallest absolute Gasteiger partial charge is 0.243 e. The highest BCUT2D eigenvalue weighted by Gasteiger charge is 2.30. The summed E-state index contributed by atoms with van der Waals surface area (Å²) < 4.78 is 26.4. The van der Waals surface area contributed by atoms with Crippen molar-refractivity contribution in [3.05, 3.63) is 65.2 Å². The van der Waals surface area contributed by atoms with Gasteiger partial charge in [-0.05, 0) is 62.8 Å². The molecule has 1 saturated carbocycles.